The second-order valence-corrected chi connectivity index (χ2v) is 3.72. The first-order chi connectivity index (χ1) is 7.02. The average molecular weight is 208 g/mol. The molecule has 82 valence electrons. The van der Waals surface area contributed by atoms with Gasteiger partial charge in [0.05, 0.1) is 6.10 Å². The van der Waals surface area contributed by atoms with E-state index in [9.17, 15) is 4.79 Å². The Morgan fingerprint density at radius 1 is 1.47 bits per heavy atom. The first-order valence-corrected chi connectivity index (χ1v) is 4.85. The number of carbonyl (C=O) groups excluding carboxylic acids is 1. The van der Waals surface area contributed by atoms with Crippen LogP contribution >= 0.6 is 0 Å². The van der Waals surface area contributed by atoms with Crippen LogP contribution in [0.3, 0.4) is 0 Å². The second kappa shape index (κ2) is 4.77. The summed E-state index contributed by atoms with van der Waals surface area (Å²) in [4.78, 5) is 17.6. The fraction of sp³-hybridized carbons (Fsp3) is 0.455. The van der Waals surface area contributed by atoms with E-state index in [4.69, 9.17) is 4.74 Å². The number of ether oxygens (including phenoxy) is 1. The molecule has 0 saturated heterocycles. The Balaban J connectivity index is 2.97. The molecule has 4 nitrogen and oxygen atoms in total. The van der Waals surface area contributed by atoms with Crippen molar-refractivity contribution in [2.75, 3.05) is 19.0 Å². The van der Waals surface area contributed by atoms with E-state index in [1.54, 1.807) is 23.2 Å². The van der Waals surface area contributed by atoms with Crippen molar-refractivity contribution in [3.63, 3.8) is 0 Å². The molecule has 0 fully saturated rings. The van der Waals surface area contributed by atoms with Gasteiger partial charge in [-0.2, -0.15) is 0 Å². The topological polar surface area (TPSA) is 42.4 Å². The van der Waals surface area contributed by atoms with Crippen molar-refractivity contribution >= 4 is 11.8 Å². The zero-order chi connectivity index (χ0) is 11.4. The standard InChI is InChI=1S/C11H16N2O2/c1-8(2)15-11(14)9-6-5-7-12-10(9)13(3)4/h5-8H,1-4H3. The van der Waals surface area contributed by atoms with Crippen molar-refractivity contribution in [3.8, 4) is 0 Å². The Bertz CT molecular complexity index is 348. The molecule has 0 saturated carbocycles. The van der Waals surface area contributed by atoms with Gasteiger partial charge in [0.1, 0.15) is 11.4 Å². The summed E-state index contributed by atoms with van der Waals surface area (Å²) in [6.07, 6.45) is 1.54. The van der Waals surface area contributed by atoms with Gasteiger partial charge in [0.25, 0.3) is 0 Å². The number of aromatic nitrogens is 1. The molecule has 0 aromatic carbocycles. The molecule has 15 heavy (non-hydrogen) atoms. The number of hydrogen-bond acceptors (Lipinski definition) is 4. The van der Waals surface area contributed by atoms with E-state index in [0.717, 1.165) is 0 Å². The third kappa shape index (κ3) is 2.94. The number of nitrogens with zero attached hydrogens (tertiary/aromatic N) is 2. The van der Waals surface area contributed by atoms with Crippen LogP contribution in [0.2, 0.25) is 0 Å². The third-order valence-corrected chi connectivity index (χ3v) is 1.77. The summed E-state index contributed by atoms with van der Waals surface area (Å²) in [6.45, 7) is 3.65. The molecule has 0 atom stereocenters. The van der Waals surface area contributed by atoms with Gasteiger partial charge in [-0.05, 0) is 26.0 Å². The lowest BCUT2D eigenvalue weighted by Crippen LogP contribution is -2.18. The number of hydrogen-bond donors (Lipinski definition) is 0. The van der Waals surface area contributed by atoms with Crippen LogP contribution in [-0.2, 0) is 4.74 Å². The van der Waals surface area contributed by atoms with Crippen molar-refractivity contribution in [2.45, 2.75) is 20.0 Å². The number of pyridine rings is 1. The summed E-state index contributed by atoms with van der Waals surface area (Å²) >= 11 is 0. The number of esters is 1. The third-order valence-electron chi connectivity index (χ3n) is 1.77. The van der Waals surface area contributed by atoms with Crippen LogP contribution in [0.25, 0.3) is 0 Å². The molecule has 0 N–H and O–H groups in total. The minimum atomic E-state index is -0.332. The van der Waals surface area contributed by atoms with E-state index in [1.807, 2.05) is 27.9 Å². The molecule has 0 unspecified atom stereocenters. The minimum absolute atomic E-state index is 0.118. The van der Waals surface area contributed by atoms with Crippen LogP contribution in [-0.4, -0.2) is 31.2 Å². The van der Waals surface area contributed by atoms with E-state index in [-0.39, 0.29) is 12.1 Å². The zero-order valence-corrected chi connectivity index (χ0v) is 9.52. The number of rotatable bonds is 3. The van der Waals surface area contributed by atoms with Crippen molar-refractivity contribution < 1.29 is 9.53 Å². The highest BCUT2D eigenvalue weighted by Gasteiger charge is 2.15. The van der Waals surface area contributed by atoms with Gasteiger partial charge in [0, 0.05) is 20.3 Å². The van der Waals surface area contributed by atoms with E-state index in [0.29, 0.717) is 11.4 Å². The summed E-state index contributed by atoms with van der Waals surface area (Å²) in [5.74, 6) is 0.296. The van der Waals surface area contributed by atoms with Crippen LogP contribution in [0, 0.1) is 0 Å². The highest BCUT2D eigenvalue weighted by molar-refractivity contribution is 5.94. The molecule has 0 spiro atoms. The fourth-order valence-corrected chi connectivity index (χ4v) is 1.19. The van der Waals surface area contributed by atoms with E-state index in [2.05, 4.69) is 4.98 Å². The Labute approximate surface area is 89.9 Å². The molecule has 1 aromatic rings. The van der Waals surface area contributed by atoms with E-state index < -0.39 is 0 Å². The molecule has 0 aliphatic rings. The van der Waals surface area contributed by atoms with Crippen molar-refractivity contribution in [1.82, 2.24) is 4.98 Å². The van der Waals surface area contributed by atoms with E-state index >= 15 is 0 Å². The van der Waals surface area contributed by atoms with Gasteiger partial charge in [0.2, 0.25) is 0 Å². The van der Waals surface area contributed by atoms with Crippen LogP contribution in [0.4, 0.5) is 5.82 Å². The Morgan fingerprint density at radius 3 is 2.67 bits per heavy atom. The normalized spacial score (nSPS) is 10.2. The van der Waals surface area contributed by atoms with Gasteiger partial charge < -0.3 is 9.64 Å². The molecular formula is C11H16N2O2. The maximum atomic E-state index is 11.7. The minimum Gasteiger partial charge on any atom is -0.459 e. The first-order valence-electron chi connectivity index (χ1n) is 4.85. The predicted molar refractivity (Wildman–Crippen MR) is 59.1 cm³/mol. The summed E-state index contributed by atoms with van der Waals surface area (Å²) in [6, 6.07) is 3.44. The quantitative estimate of drug-likeness (QED) is 0.709. The van der Waals surface area contributed by atoms with Gasteiger partial charge in [-0.25, -0.2) is 9.78 Å². The molecule has 4 heteroatoms. The lowest BCUT2D eigenvalue weighted by Gasteiger charge is -2.15. The lowest BCUT2D eigenvalue weighted by atomic mass is 10.2. The molecule has 1 aromatic heterocycles. The maximum Gasteiger partial charge on any atom is 0.342 e. The first kappa shape index (κ1) is 11.5. The summed E-state index contributed by atoms with van der Waals surface area (Å²) in [5, 5.41) is 0. The Morgan fingerprint density at radius 2 is 2.13 bits per heavy atom. The Kier molecular flexibility index (Phi) is 3.66. The van der Waals surface area contributed by atoms with Crippen molar-refractivity contribution in [3.05, 3.63) is 23.9 Å². The fourth-order valence-electron chi connectivity index (χ4n) is 1.19. The van der Waals surface area contributed by atoms with Gasteiger partial charge in [0.15, 0.2) is 0 Å². The molecule has 1 heterocycles. The van der Waals surface area contributed by atoms with Crippen LogP contribution in [0.15, 0.2) is 18.3 Å². The zero-order valence-electron chi connectivity index (χ0n) is 9.52. The highest BCUT2D eigenvalue weighted by Crippen LogP contribution is 2.15. The molecule has 0 bridgehead atoms. The molecular weight excluding hydrogens is 192 g/mol. The van der Waals surface area contributed by atoms with Crippen LogP contribution < -0.4 is 4.90 Å². The van der Waals surface area contributed by atoms with E-state index in [1.165, 1.54) is 0 Å². The molecule has 1 rings (SSSR count). The summed E-state index contributed by atoms with van der Waals surface area (Å²) in [7, 11) is 3.68. The van der Waals surface area contributed by atoms with Gasteiger partial charge in [-0.1, -0.05) is 0 Å². The molecule has 0 aliphatic heterocycles. The lowest BCUT2D eigenvalue weighted by molar-refractivity contribution is 0.0378. The summed E-state index contributed by atoms with van der Waals surface area (Å²) in [5.41, 5.74) is 0.496. The number of anilines is 1. The molecule has 0 amide bonds. The SMILES string of the molecule is CC(C)OC(=O)c1cccnc1N(C)C. The highest BCUT2D eigenvalue weighted by atomic mass is 16.5. The number of carbonyl (C=O) groups is 1. The van der Waals surface area contributed by atoms with Crippen LogP contribution in [0.5, 0.6) is 0 Å². The predicted octanol–water partition coefficient (Wildman–Crippen LogP) is 1.71. The second-order valence-electron chi connectivity index (χ2n) is 3.72. The smallest absolute Gasteiger partial charge is 0.342 e. The van der Waals surface area contributed by atoms with Gasteiger partial charge in [-0.15, -0.1) is 0 Å². The van der Waals surface area contributed by atoms with Crippen LogP contribution in [0.1, 0.15) is 24.2 Å². The van der Waals surface area contributed by atoms with Gasteiger partial charge >= 0.3 is 5.97 Å². The largest absolute Gasteiger partial charge is 0.459 e. The Hall–Kier alpha value is -1.58. The molecule has 0 aliphatic carbocycles. The summed E-state index contributed by atoms with van der Waals surface area (Å²) < 4.78 is 5.12. The van der Waals surface area contributed by atoms with Crippen molar-refractivity contribution in [1.29, 1.82) is 0 Å². The van der Waals surface area contributed by atoms with Gasteiger partial charge in [-0.3, -0.25) is 0 Å². The average Bonchev–Trinajstić information content (AvgIpc) is 2.16. The monoisotopic (exact) mass is 208 g/mol. The maximum absolute atomic E-state index is 11.7. The molecule has 0 radical (unpaired) electrons. The van der Waals surface area contributed by atoms with Crippen molar-refractivity contribution in [2.24, 2.45) is 0 Å².